The highest BCUT2D eigenvalue weighted by Crippen LogP contribution is 2.19. The van der Waals surface area contributed by atoms with E-state index >= 15 is 0 Å². The smallest absolute Gasteiger partial charge is 0.131 e. The number of pyridine rings is 1. The van der Waals surface area contributed by atoms with Gasteiger partial charge in [-0.2, -0.15) is 0 Å². The quantitative estimate of drug-likeness (QED) is 0.812. The van der Waals surface area contributed by atoms with Crippen molar-refractivity contribution in [2.45, 2.75) is 19.9 Å². The van der Waals surface area contributed by atoms with Crippen molar-refractivity contribution in [3.8, 4) is 0 Å². The molecule has 0 bridgehead atoms. The fraction of sp³-hybridized carbons (Fsp3) is 0.250. The van der Waals surface area contributed by atoms with Gasteiger partial charge in [-0.05, 0) is 26.0 Å². The molecule has 1 N–H and O–H groups in total. The summed E-state index contributed by atoms with van der Waals surface area (Å²) in [6.45, 7) is 4.04. The average Bonchev–Trinajstić information content (AvgIpc) is 2.18. The SMILES string of the molecule is CC(C)Nc1cc2c(F)cccc2cn1. The Morgan fingerprint density at radius 3 is 2.87 bits per heavy atom. The van der Waals surface area contributed by atoms with Crippen molar-refractivity contribution in [1.29, 1.82) is 0 Å². The molecule has 0 saturated heterocycles. The van der Waals surface area contributed by atoms with Gasteiger partial charge in [0.25, 0.3) is 0 Å². The lowest BCUT2D eigenvalue weighted by Crippen LogP contribution is -2.10. The van der Waals surface area contributed by atoms with Crippen LogP contribution in [0.4, 0.5) is 10.2 Å². The van der Waals surface area contributed by atoms with Gasteiger partial charge in [0, 0.05) is 23.0 Å². The first kappa shape index (κ1) is 9.90. The van der Waals surface area contributed by atoms with Gasteiger partial charge in [0.2, 0.25) is 0 Å². The summed E-state index contributed by atoms with van der Waals surface area (Å²) in [6.07, 6.45) is 1.68. The molecule has 2 aromatic rings. The summed E-state index contributed by atoms with van der Waals surface area (Å²) in [5.41, 5.74) is 0. The zero-order valence-electron chi connectivity index (χ0n) is 8.79. The molecule has 0 aliphatic carbocycles. The molecule has 1 aromatic carbocycles. The number of rotatable bonds is 2. The molecule has 78 valence electrons. The van der Waals surface area contributed by atoms with Crippen LogP contribution < -0.4 is 5.32 Å². The molecule has 2 nitrogen and oxygen atoms in total. The van der Waals surface area contributed by atoms with E-state index in [9.17, 15) is 4.39 Å². The van der Waals surface area contributed by atoms with Crippen molar-refractivity contribution in [2.75, 3.05) is 5.32 Å². The van der Waals surface area contributed by atoms with Gasteiger partial charge < -0.3 is 5.32 Å². The first-order valence-corrected chi connectivity index (χ1v) is 4.97. The van der Waals surface area contributed by atoms with Crippen LogP contribution in [0, 0.1) is 5.82 Å². The number of nitrogens with zero attached hydrogens (tertiary/aromatic N) is 1. The maximum atomic E-state index is 13.4. The summed E-state index contributed by atoms with van der Waals surface area (Å²) in [7, 11) is 0. The predicted octanol–water partition coefficient (Wildman–Crippen LogP) is 3.19. The molecule has 0 spiro atoms. The maximum absolute atomic E-state index is 13.4. The molecule has 2 rings (SSSR count). The largest absolute Gasteiger partial charge is 0.368 e. The normalized spacial score (nSPS) is 10.9. The van der Waals surface area contributed by atoms with Crippen molar-refractivity contribution >= 4 is 16.6 Å². The Morgan fingerprint density at radius 1 is 1.33 bits per heavy atom. The number of aromatic nitrogens is 1. The molecule has 0 radical (unpaired) electrons. The van der Waals surface area contributed by atoms with Crippen molar-refractivity contribution < 1.29 is 4.39 Å². The van der Waals surface area contributed by atoms with Gasteiger partial charge in [0.15, 0.2) is 0 Å². The van der Waals surface area contributed by atoms with E-state index < -0.39 is 0 Å². The fourth-order valence-electron chi connectivity index (χ4n) is 1.51. The minimum Gasteiger partial charge on any atom is -0.368 e. The highest BCUT2D eigenvalue weighted by molar-refractivity contribution is 5.84. The molecule has 0 amide bonds. The van der Waals surface area contributed by atoms with E-state index in [1.165, 1.54) is 6.07 Å². The summed E-state index contributed by atoms with van der Waals surface area (Å²) >= 11 is 0. The highest BCUT2D eigenvalue weighted by atomic mass is 19.1. The Hall–Kier alpha value is -1.64. The second-order valence-electron chi connectivity index (χ2n) is 3.83. The van der Waals surface area contributed by atoms with Crippen LogP contribution in [0.15, 0.2) is 30.5 Å². The van der Waals surface area contributed by atoms with Crippen LogP contribution in [-0.2, 0) is 0 Å². The van der Waals surface area contributed by atoms with Crippen molar-refractivity contribution in [3.05, 3.63) is 36.3 Å². The monoisotopic (exact) mass is 204 g/mol. The molecule has 0 unspecified atom stereocenters. The molecule has 0 atom stereocenters. The Balaban J connectivity index is 2.50. The number of fused-ring (bicyclic) bond motifs is 1. The van der Waals surface area contributed by atoms with Crippen LogP contribution in [0.2, 0.25) is 0 Å². The molecule has 0 aliphatic heterocycles. The molecule has 0 fully saturated rings. The van der Waals surface area contributed by atoms with E-state index in [0.717, 1.165) is 5.39 Å². The van der Waals surface area contributed by atoms with Crippen molar-refractivity contribution in [3.63, 3.8) is 0 Å². The van der Waals surface area contributed by atoms with Crippen LogP contribution >= 0.6 is 0 Å². The zero-order chi connectivity index (χ0) is 10.8. The van der Waals surface area contributed by atoms with Crippen LogP contribution in [0.3, 0.4) is 0 Å². The van der Waals surface area contributed by atoms with Crippen LogP contribution in [0.25, 0.3) is 10.8 Å². The predicted molar refractivity (Wildman–Crippen MR) is 60.5 cm³/mol. The van der Waals surface area contributed by atoms with Crippen LogP contribution in [0.5, 0.6) is 0 Å². The molecule has 1 heterocycles. The van der Waals surface area contributed by atoms with Crippen molar-refractivity contribution in [1.82, 2.24) is 4.98 Å². The topological polar surface area (TPSA) is 24.9 Å². The second kappa shape index (κ2) is 3.85. The summed E-state index contributed by atoms with van der Waals surface area (Å²) < 4.78 is 13.4. The van der Waals surface area contributed by atoms with E-state index in [1.54, 1.807) is 18.3 Å². The van der Waals surface area contributed by atoms with Crippen molar-refractivity contribution in [2.24, 2.45) is 0 Å². The Kier molecular flexibility index (Phi) is 2.54. The molecule has 0 saturated carbocycles. The number of halogens is 1. The molecular weight excluding hydrogens is 191 g/mol. The maximum Gasteiger partial charge on any atom is 0.131 e. The zero-order valence-corrected chi connectivity index (χ0v) is 8.79. The Morgan fingerprint density at radius 2 is 2.13 bits per heavy atom. The third-order valence-electron chi connectivity index (χ3n) is 2.15. The van der Waals surface area contributed by atoms with Gasteiger partial charge in [-0.15, -0.1) is 0 Å². The summed E-state index contributed by atoms with van der Waals surface area (Å²) in [6, 6.07) is 7.03. The Bertz CT molecular complexity index is 480. The van der Waals surface area contributed by atoms with Gasteiger partial charge in [-0.1, -0.05) is 12.1 Å². The molecule has 15 heavy (non-hydrogen) atoms. The third kappa shape index (κ3) is 2.06. The average molecular weight is 204 g/mol. The van der Waals surface area contributed by atoms with Gasteiger partial charge in [-0.3, -0.25) is 0 Å². The summed E-state index contributed by atoms with van der Waals surface area (Å²) in [5.74, 6) is 0.504. The minimum atomic E-state index is -0.207. The lowest BCUT2D eigenvalue weighted by atomic mass is 10.1. The standard InChI is InChI=1S/C12H13FN2/c1-8(2)15-12-6-10-9(7-14-12)4-3-5-11(10)13/h3-8H,1-2H3,(H,14,15). The van der Waals surface area contributed by atoms with E-state index in [1.807, 2.05) is 19.9 Å². The van der Waals surface area contributed by atoms with E-state index in [-0.39, 0.29) is 5.82 Å². The van der Waals surface area contributed by atoms with Gasteiger partial charge in [-0.25, -0.2) is 9.37 Å². The number of benzene rings is 1. The number of nitrogens with one attached hydrogen (secondary N) is 1. The van der Waals surface area contributed by atoms with E-state index in [4.69, 9.17) is 0 Å². The van der Waals surface area contributed by atoms with Crippen LogP contribution in [-0.4, -0.2) is 11.0 Å². The number of hydrogen-bond donors (Lipinski definition) is 1. The van der Waals surface area contributed by atoms with Gasteiger partial charge in [0.1, 0.15) is 11.6 Å². The highest BCUT2D eigenvalue weighted by Gasteiger charge is 2.03. The van der Waals surface area contributed by atoms with Gasteiger partial charge in [0.05, 0.1) is 0 Å². The molecule has 0 aliphatic rings. The second-order valence-corrected chi connectivity index (χ2v) is 3.83. The number of hydrogen-bond acceptors (Lipinski definition) is 2. The molecular formula is C12H13FN2. The van der Waals surface area contributed by atoms with Crippen LogP contribution in [0.1, 0.15) is 13.8 Å². The lowest BCUT2D eigenvalue weighted by molar-refractivity contribution is 0.640. The molecule has 1 aromatic heterocycles. The first-order chi connectivity index (χ1) is 7.16. The van der Waals surface area contributed by atoms with E-state index in [0.29, 0.717) is 17.2 Å². The Labute approximate surface area is 88.1 Å². The third-order valence-corrected chi connectivity index (χ3v) is 2.15. The summed E-state index contributed by atoms with van der Waals surface area (Å²) in [5, 5.41) is 4.58. The molecule has 3 heteroatoms. The first-order valence-electron chi connectivity index (χ1n) is 4.97. The fourth-order valence-corrected chi connectivity index (χ4v) is 1.51. The summed E-state index contributed by atoms with van der Waals surface area (Å²) in [4.78, 5) is 4.21. The minimum absolute atomic E-state index is 0.207. The number of anilines is 1. The lowest BCUT2D eigenvalue weighted by Gasteiger charge is -2.09. The van der Waals surface area contributed by atoms with Gasteiger partial charge >= 0.3 is 0 Å². The van der Waals surface area contributed by atoms with E-state index in [2.05, 4.69) is 10.3 Å².